The molecule has 1 saturated heterocycles. The maximum Gasteiger partial charge on any atom is 0.161 e. The fraction of sp³-hybridized carbons (Fsp3) is 0.385. The number of rotatable bonds is 9. The third-order valence-corrected chi connectivity index (χ3v) is 7.65. The summed E-state index contributed by atoms with van der Waals surface area (Å²) < 4.78 is 32.9. The van der Waals surface area contributed by atoms with Crippen LogP contribution in [0.4, 0.5) is 20.3 Å². The first-order chi connectivity index (χ1) is 17.0. The van der Waals surface area contributed by atoms with Crippen LogP contribution in [0.2, 0.25) is 0 Å². The quantitative estimate of drug-likeness (QED) is 0.410. The first-order valence-electron chi connectivity index (χ1n) is 11.9. The lowest BCUT2D eigenvalue weighted by Crippen LogP contribution is -2.37. The molecule has 6 nitrogen and oxygen atoms in total. The predicted octanol–water partition coefficient (Wildman–Crippen LogP) is 4.83. The van der Waals surface area contributed by atoms with Gasteiger partial charge in [0, 0.05) is 54.5 Å². The van der Waals surface area contributed by atoms with Crippen LogP contribution in [-0.2, 0) is 9.48 Å². The second kappa shape index (κ2) is 10.5. The average Bonchev–Trinajstić information content (AvgIpc) is 3.65. The Balaban J connectivity index is 1.47. The van der Waals surface area contributed by atoms with E-state index in [0.29, 0.717) is 36.9 Å². The average molecular weight is 499 g/mol. The zero-order chi connectivity index (χ0) is 24.3. The first kappa shape index (κ1) is 24.0. The third kappa shape index (κ3) is 5.74. The van der Waals surface area contributed by atoms with E-state index in [2.05, 4.69) is 10.2 Å². The highest BCUT2D eigenvalue weighted by Gasteiger charge is 2.47. The molecule has 1 aliphatic carbocycles. The number of aliphatic hydroxyl groups excluding tert-OH is 1. The van der Waals surface area contributed by atoms with Gasteiger partial charge in [-0.1, -0.05) is 0 Å². The van der Waals surface area contributed by atoms with Gasteiger partial charge in [0.05, 0.1) is 23.7 Å². The fourth-order valence-corrected chi connectivity index (χ4v) is 5.45. The summed E-state index contributed by atoms with van der Waals surface area (Å²) in [6, 6.07) is 13.6. The lowest BCUT2D eigenvalue weighted by atomic mass is 10.1. The summed E-state index contributed by atoms with van der Waals surface area (Å²) in [5.74, 6) is 0.320. The molecule has 2 heterocycles. The topological polar surface area (TPSA) is 70.5 Å². The predicted molar refractivity (Wildman–Crippen MR) is 134 cm³/mol. The van der Waals surface area contributed by atoms with Gasteiger partial charge in [-0.2, -0.15) is 0 Å². The molecule has 0 unspecified atom stereocenters. The Morgan fingerprint density at radius 1 is 1.00 bits per heavy atom. The van der Waals surface area contributed by atoms with Gasteiger partial charge in [0.2, 0.25) is 0 Å². The third-order valence-electron chi connectivity index (χ3n) is 6.18. The van der Waals surface area contributed by atoms with Crippen molar-refractivity contribution in [3.05, 3.63) is 65.9 Å². The zero-order valence-electron chi connectivity index (χ0n) is 19.3. The van der Waals surface area contributed by atoms with Crippen molar-refractivity contribution in [2.24, 2.45) is 0 Å². The number of morpholine rings is 1. The molecule has 1 aromatic heterocycles. The molecule has 5 rings (SSSR count). The minimum absolute atomic E-state index is 0.151. The van der Waals surface area contributed by atoms with Gasteiger partial charge in [-0.3, -0.25) is 0 Å². The van der Waals surface area contributed by atoms with E-state index in [0.717, 1.165) is 54.8 Å². The van der Waals surface area contributed by atoms with Gasteiger partial charge < -0.3 is 20.1 Å². The van der Waals surface area contributed by atoms with Crippen molar-refractivity contribution in [3.63, 3.8) is 0 Å². The number of aliphatic hydroxyl groups is 1. The number of benzene rings is 2. The van der Waals surface area contributed by atoms with Crippen molar-refractivity contribution >= 4 is 23.3 Å². The van der Waals surface area contributed by atoms with Gasteiger partial charge in [-0.15, -0.1) is 11.8 Å². The largest absolute Gasteiger partial charge is 0.396 e. The van der Waals surface area contributed by atoms with E-state index in [1.54, 1.807) is 0 Å². The molecule has 2 N–H and O–H groups in total. The van der Waals surface area contributed by atoms with Gasteiger partial charge in [0.15, 0.2) is 5.82 Å². The van der Waals surface area contributed by atoms with Crippen molar-refractivity contribution in [2.45, 2.75) is 28.9 Å². The van der Waals surface area contributed by atoms with Crippen LogP contribution in [0, 0.1) is 11.6 Å². The molecule has 0 radical (unpaired) electrons. The van der Waals surface area contributed by atoms with Gasteiger partial charge >= 0.3 is 0 Å². The SMILES string of the molecule is OCCCNc1ccc(-c2nc(N3CCOCC3)cc(C3(Sc4cc(F)cc(F)c4)CC3)n2)cc1. The summed E-state index contributed by atoms with van der Waals surface area (Å²) >= 11 is 1.47. The van der Waals surface area contributed by atoms with Crippen molar-refractivity contribution in [1.82, 2.24) is 9.97 Å². The summed E-state index contributed by atoms with van der Waals surface area (Å²) in [4.78, 5) is 12.6. The highest BCUT2D eigenvalue weighted by molar-refractivity contribution is 8.00. The normalized spacial score (nSPS) is 16.8. The van der Waals surface area contributed by atoms with E-state index in [-0.39, 0.29) is 11.4 Å². The summed E-state index contributed by atoms with van der Waals surface area (Å²) in [6.07, 6.45) is 2.44. The molecule has 2 aromatic carbocycles. The van der Waals surface area contributed by atoms with Crippen LogP contribution >= 0.6 is 11.8 Å². The highest BCUT2D eigenvalue weighted by atomic mass is 32.2. The molecule has 1 saturated carbocycles. The number of thioether (sulfide) groups is 1. The van der Waals surface area contributed by atoms with Gasteiger partial charge in [-0.05, 0) is 55.7 Å². The van der Waals surface area contributed by atoms with Crippen LogP contribution in [0.15, 0.2) is 53.4 Å². The standard InChI is InChI=1S/C26H28F2N4O2S/c27-19-14-20(28)16-22(15-19)35-26(6-7-26)23-17-24(32-9-12-34-13-10-32)31-25(30-23)18-2-4-21(5-3-18)29-8-1-11-33/h2-5,14-17,29,33H,1,6-13H2. The molecule has 9 heteroatoms. The molecule has 1 aliphatic heterocycles. The Morgan fingerprint density at radius 3 is 2.37 bits per heavy atom. The van der Waals surface area contributed by atoms with Gasteiger partial charge in [0.25, 0.3) is 0 Å². The molecular weight excluding hydrogens is 470 g/mol. The van der Waals surface area contributed by atoms with Crippen molar-refractivity contribution in [2.75, 3.05) is 49.7 Å². The Morgan fingerprint density at radius 2 is 1.71 bits per heavy atom. The van der Waals surface area contributed by atoms with Gasteiger partial charge in [-0.25, -0.2) is 18.7 Å². The van der Waals surface area contributed by atoms with E-state index in [1.807, 2.05) is 30.3 Å². The lowest BCUT2D eigenvalue weighted by Gasteiger charge is -2.29. The van der Waals surface area contributed by atoms with Crippen LogP contribution in [0.1, 0.15) is 25.0 Å². The van der Waals surface area contributed by atoms with Crippen LogP contribution in [0.3, 0.4) is 0 Å². The molecule has 0 atom stereocenters. The second-order valence-corrected chi connectivity index (χ2v) is 10.3. The fourth-order valence-electron chi connectivity index (χ4n) is 4.14. The van der Waals surface area contributed by atoms with Crippen molar-refractivity contribution < 1.29 is 18.6 Å². The Hall–Kier alpha value is -2.75. The van der Waals surface area contributed by atoms with E-state index < -0.39 is 11.6 Å². The Bertz CT molecular complexity index is 1150. The van der Waals surface area contributed by atoms with Crippen molar-refractivity contribution in [3.8, 4) is 11.4 Å². The van der Waals surface area contributed by atoms with Crippen LogP contribution in [0.25, 0.3) is 11.4 Å². The maximum atomic E-state index is 13.8. The molecule has 35 heavy (non-hydrogen) atoms. The highest BCUT2D eigenvalue weighted by Crippen LogP contribution is 2.59. The smallest absolute Gasteiger partial charge is 0.161 e. The molecule has 0 bridgehead atoms. The minimum Gasteiger partial charge on any atom is -0.396 e. The van der Waals surface area contributed by atoms with Crippen LogP contribution in [0.5, 0.6) is 0 Å². The number of anilines is 2. The molecule has 2 fully saturated rings. The Kier molecular flexibility index (Phi) is 7.17. The summed E-state index contributed by atoms with van der Waals surface area (Å²) in [5.41, 5.74) is 2.74. The number of aromatic nitrogens is 2. The van der Waals surface area contributed by atoms with Gasteiger partial charge in [0.1, 0.15) is 17.5 Å². The van der Waals surface area contributed by atoms with E-state index in [4.69, 9.17) is 19.8 Å². The van der Waals surface area contributed by atoms with Crippen molar-refractivity contribution in [1.29, 1.82) is 0 Å². The summed E-state index contributed by atoms with van der Waals surface area (Å²) in [6.45, 7) is 3.63. The monoisotopic (exact) mass is 498 g/mol. The number of ether oxygens (including phenoxy) is 1. The van der Waals surface area contributed by atoms with Crippen LogP contribution in [-0.4, -0.2) is 54.5 Å². The zero-order valence-corrected chi connectivity index (χ0v) is 20.2. The number of hydrogen-bond donors (Lipinski definition) is 2. The number of halogens is 2. The lowest BCUT2D eigenvalue weighted by molar-refractivity contribution is 0.122. The summed E-state index contributed by atoms with van der Waals surface area (Å²) in [5, 5.41) is 12.3. The molecule has 2 aliphatic rings. The number of hydrogen-bond acceptors (Lipinski definition) is 7. The minimum atomic E-state index is -0.576. The van der Waals surface area contributed by atoms with E-state index in [9.17, 15) is 8.78 Å². The van der Waals surface area contributed by atoms with E-state index in [1.165, 1.54) is 23.9 Å². The molecular formula is C26H28F2N4O2S. The number of nitrogens with one attached hydrogen (secondary N) is 1. The second-order valence-electron chi connectivity index (χ2n) is 8.82. The molecule has 3 aromatic rings. The summed E-state index contributed by atoms with van der Waals surface area (Å²) in [7, 11) is 0. The molecule has 0 amide bonds. The maximum absolute atomic E-state index is 13.8. The van der Waals surface area contributed by atoms with E-state index >= 15 is 0 Å². The van der Waals surface area contributed by atoms with Crippen LogP contribution < -0.4 is 10.2 Å². The molecule has 184 valence electrons. The first-order valence-corrected chi connectivity index (χ1v) is 12.7. The number of nitrogens with zero attached hydrogens (tertiary/aromatic N) is 3. The molecule has 0 spiro atoms. The Labute approximate surface area is 207 Å².